The van der Waals surface area contributed by atoms with E-state index in [1.807, 2.05) is 13.1 Å². The third kappa shape index (κ3) is 4.04. The first kappa shape index (κ1) is 15.0. The van der Waals surface area contributed by atoms with E-state index in [9.17, 15) is 9.18 Å². The standard InChI is InChI=1S/C15H17FN4O/c1-19-5-7-20(8-6-19)15(21)12(10-17)11-18-14-4-2-3-13(16)9-14/h2-4,9,11,18H,5-8H2,1H3/b12-11-. The molecule has 0 spiro atoms. The van der Waals surface area contributed by atoms with Crippen molar-refractivity contribution in [3.05, 3.63) is 41.9 Å². The van der Waals surface area contributed by atoms with Crippen LogP contribution in [0.4, 0.5) is 10.1 Å². The Kier molecular flexibility index (Phi) is 4.90. The van der Waals surface area contributed by atoms with Gasteiger partial charge in [0.15, 0.2) is 0 Å². The number of carbonyl (C=O) groups is 1. The fourth-order valence-electron chi connectivity index (χ4n) is 2.06. The number of carbonyl (C=O) groups excluding carboxylic acids is 1. The summed E-state index contributed by atoms with van der Waals surface area (Å²) in [6.07, 6.45) is 1.33. The van der Waals surface area contributed by atoms with Crippen LogP contribution in [0.1, 0.15) is 0 Å². The van der Waals surface area contributed by atoms with Gasteiger partial charge in [-0.15, -0.1) is 0 Å². The van der Waals surface area contributed by atoms with E-state index >= 15 is 0 Å². The second kappa shape index (κ2) is 6.86. The normalized spacial score (nSPS) is 16.4. The summed E-state index contributed by atoms with van der Waals surface area (Å²) in [5.41, 5.74) is 0.512. The average Bonchev–Trinajstić information content (AvgIpc) is 2.48. The van der Waals surface area contributed by atoms with Crippen LogP contribution in [-0.4, -0.2) is 48.9 Å². The molecule has 0 radical (unpaired) electrons. The molecule has 0 atom stereocenters. The van der Waals surface area contributed by atoms with Gasteiger partial charge in [-0.1, -0.05) is 6.07 Å². The molecule has 0 bridgehead atoms. The highest BCUT2D eigenvalue weighted by atomic mass is 19.1. The Morgan fingerprint density at radius 3 is 2.71 bits per heavy atom. The summed E-state index contributed by atoms with van der Waals surface area (Å²) in [6.45, 7) is 2.80. The molecule has 0 unspecified atom stereocenters. The predicted molar refractivity (Wildman–Crippen MR) is 77.8 cm³/mol. The maximum atomic E-state index is 13.1. The van der Waals surface area contributed by atoms with Crippen LogP contribution in [-0.2, 0) is 4.79 Å². The van der Waals surface area contributed by atoms with Crippen molar-refractivity contribution in [1.82, 2.24) is 9.80 Å². The highest BCUT2D eigenvalue weighted by molar-refractivity contribution is 5.97. The molecule has 1 saturated heterocycles. The third-order valence-electron chi connectivity index (χ3n) is 3.35. The predicted octanol–water partition coefficient (Wildman–Crippen LogP) is 1.42. The summed E-state index contributed by atoms with van der Waals surface area (Å²) in [5, 5.41) is 11.9. The first-order valence-electron chi connectivity index (χ1n) is 6.70. The quantitative estimate of drug-likeness (QED) is 0.675. The van der Waals surface area contributed by atoms with Gasteiger partial charge in [-0.3, -0.25) is 4.79 Å². The van der Waals surface area contributed by atoms with Crippen molar-refractivity contribution < 1.29 is 9.18 Å². The number of amides is 1. The molecular weight excluding hydrogens is 271 g/mol. The topological polar surface area (TPSA) is 59.4 Å². The fourth-order valence-corrected chi connectivity index (χ4v) is 2.06. The van der Waals surface area contributed by atoms with Gasteiger partial charge in [-0.2, -0.15) is 5.26 Å². The zero-order chi connectivity index (χ0) is 15.2. The number of hydrogen-bond donors (Lipinski definition) is 1. The lowest BCUT2D eigenvalue weighted by Crippen LogP contribution is -2.47. The number of nitrogens with one attached hydrogen (secondary N) is 1. The molecule has 1 fully saturated rings. The molecule has 1 aromatic carbocycles. The minimum Gasteiger partial charge on any atom is -0.360 e. The summed E-state index contributed by atoms with van der Waals surface area (Å²) in [7, 11) is 1.99. The van der Waals surface area contributed by atoms with Gasteiger partial charge in [-0.25, -0.2) is 4.39 Å². The van der Waals surface area contributed by atoms with Gasteiger partial charge >= 0.3 is 0 Å². The summed E-state index contributed by atoms with van der Waals surface area (Å²) in [4.78, 5) is 16.0. The number of nitrogens with zero attached hydrogens (tertiary/aromatic N) is 3. The molecule has 5 nitrogen and oxygen atoms in total. The second-order valence-electron chi connectivity index (χ2n) is 4.92. The van der Waals surface area contributed by atoms with E-state index in [2.05, 4.69) is 10.2 Å². The van der Waals surface area contributed by atoms with Crippen LogP contribution in [0.5, 0.6) is 0 Å². The Morgan fingerprint density at radius 2 is 2.10 bits per heavy atom. The highest BCUT2D eigenvalue weighted by Gasteiger charge is 2.21. The van der Waals surface area contributed by atoms with E-state index in [1.165, 1.54) is 18.3 Å². The van der Waals surface area contributed by atoms with Crippen LogP contribution in [0.2, 0.25) is 0 Å². The number of benzene rings is 1. The zero-order valence-corrected chi connectivity index (χ0v) is 11.8. The lowest BCUT2D eigenvalue weighted by atomic mass is 10.2. The van der Waals surface area contributed by atoms with Crippen molar-refractivity contribution in [2.24, 2.45) is 0 Å². The van der Waals surface area contributed by atoms with Gasteiger partial charge in [0.25, 0.3) is 5.91 Å². The van der Waals surface area contributed by atoms with E-state index in [1.54, 1.807) is 17.0 Å². The van der Waals surface area contributed by atoms with Gasteiger partial charge in [0, 0.05) is 38.1 Å². The first-order chi connectivity index (χ1) is 10.1. The summed E-state index contributed by atoms with van der Waals surface area (Å²) < 4.78 is 13.1. The van der Waals surface area contributed by atoms with Gasteiger partial charge in [-0.05, 0) is 25.2 Å². The number of rotatable bonds is 3. The van der Waals surface area contributed by atoms with E-state index in [0.29, 0.717) is 18.8 Å². The van der Waals surface area contributed by atoms with Crippen LogP contribution in [0.3, 0.4) is 0 Å². The van der Waals surface area contributed by atoms with Crippen LogP contribution in [0.25, 0.3) is 0 Å². The molecular formula is C15H17FN4O. The van der Waals surface area contributed by atoms with E-state index in [0.717, 1.165) is 13.1 Å². The maximum absolute atomic E-state index is 13.1. The van der Waals surface area contributed by atoms with Gasteiger partial charge in [0.2, 0.25) is 0 Å². The molecule has 1 aliphatic rings. The minimum atomic E-state index is -0.377. The SMILES string of the molecule is CN1CCN(C(=O)/C(C#N)=C\Nc2cccc(F)c2)CC1. The van der Waals surface area contributed by atoms with Gasteiger partial charge in [0.1, 0.15) is 17.5 Å². The average molecular weight is 288 g/mol. The molecule has 6 heteroatoms. The van der Waals surface area contributed by atoms with Gasteiger partial charge < -0.3 is 15.1 Å². The van der Waals surface area contributed by atoms with Crippen molar-refractivity contribution in [2.45, 2.75) is 0 Å². The summed E-state index contributed by atoms with van der Waals surface area (Å²) in [6, 6.07) is 7.74. The molecule has 1 amide bonds. The van der Waals surface area contributed by atoms with E-state index in [-0.39, 0.29) is 17.3 Å². The number of halogens is 1. The maximum Gasteiger partial charge on any atom is 0.266 e. The number of nitriles is 1. The van der Waals surface area contributed by atoms with Crippen LogP contribution < -0.4 is 5.32 Å². The van der Waals surface area contributed by atoms with Crippen molar-refractivity contribution in [1.29, 1.82) is 5.26 Å². The monoisotopic (exact) mass is 288 g/mol. The number of hydrogen-bond acceptors (Lipinski definition) is 4. The Balaban J connectivity index is 2.03. The van der Waals surface area contributed by atoms with Crippen molar-refractivity contribution in [3.8, 4) is 6.07 Å². The van der Waals surface area contributed by atoms with Gasteiger partial charge in [0.05, 0.1) is 0 Å². The molecule has 21 heavy (non-hydrogen) atoms. The number of piperazine rings is 1. The Hall–Kier alpha value is -2.39. The van der Waals surface area contributed by atoms with E-state index in [4.69, 9.17) is 5.26 Å². The Labute approximate surface area is 123 Å². The second-order valence-corrected chi connectivity index (χ2v) is 4.92. The Bertz CT molecular complexity index is 586. The van der Waals surface area contributed by atoms with Crippen LogP contribution in [0.15, 0.2) is 36.0 Å². The molecule has 1 aromatic rings. The lowest BCUT2D eigenvalue weighted by molar-refractivity contribution is -0.128. The molecule has 1 heterocycles. The fraction of sp³-hybridized carbons (Fsp3) is 0.333. The van der Waals surface area contributed by atoms with Crippen molar-refractivity contribution in [3.63, 3.8) is 0 Å². The molecule has 2 rings (SSSR count). The molecule has 0 saturated carbocycles. The van der Waals surface area contributed by atoms with Crippen molar-refractivity contribution in [2.75, 3.05) is 38.5 Å². The highest BCUT2D eigenvalue weighted by Crippen LogP contribution is 2.11. The summed E-state index contributed by atoms with van der Waals surface area (Å²) >= 11 is 0. The Morgan fingerprint density at radius 1 is 1.38 bits per heavy atom. The largest absolute Gasteiger partial charge is 0.360 e. The molecule has 1 aliphatic heterocycles. The third-order valence-corrected chi connectivity index (χ3v) is 3.35. The lowest BCUT2D eigenvalue weighted by Gasteiger charge is -2.32. The van der Waals surface area contributed by atoms with Crippen LogP contribution >= 0.6 is 0 Å². The zero-order valence-electron chi connectivity index (χ0n) is 11.8. The minimum absolute atomic E-state index is 0.0174. The molecule has 0 aliphatic carbocycles. The molecule has 0 aromatic heterocycles. The smallest absolute Gasteiger partial charge is 0.266 e. The number of likely N-dealkylation sites (N-methyl/N-ethyl adjacent to an activating group) is 1. The van der Waals surface area contributed by atoms with Crippen LogP contribution in [0, 0.1) is 17.1 Å². The molecule has 1 N–H and O–H groups in total. The first-order valence-corrected chi connectivity index (χ1v) is 6.70. The molecule has 110 valence electrons. The number of anilines is 1. The van der Waals surface area contributed by atoms with E-state index < -0.39 is 0 Å². The summed E-state index contributed by atoms with van der Waals surface area (Å²) in [5.74, 6) is -0.674. The van der Waals surface area contributed by atoms with Crippen molar-refractivity contribution >= 4 is 11.6 Å².